The zero-order chi connectivity index (χ0) is 9.26. The number of hydrogen-bond donors (Lipinski definition) is 1. The fourth-order valence-electron chi connectivity index (χ4n) is 1.32. The summed E-state index contributed by atoms with van der Waals surface area (Å²) in [7, 11) is 0. The minimum absolute atomic E-state index is 0.241. The summed E-state index contributed by atoms with van der Waals surface area (Å²) in [5, 5.41) is 11.6. The fraction of sp³-hybridized carbons (Fsp3) is 0. The van der Waals surface area contributed by atoms with Crippen molar-refractivity contribution in [2.75, 3.05) is 0 Å². The molecule has 0 saturated carbocycles. The van der Waals surface area contributed by atoms with Crippen molar-refractivity contribution in [3.63, 3.8) is 0 Å². The van der Waals surface area contributed by atoms with Gasteiger partial charge in [0.1, 0.15) is 0 Å². The molecule has 2 aromatic carbocycles. The average Bonchev–Trinajstić information content (AvgIpc) is 2.17. The van der Waals surface area contributed by atoms with Gasteiger partial charge in [0.2, 0.25) is 0 Å². The van der Waals surface area contributed by atoms with Gasteiger partial charge in [-0.15, -0.1) is 0 Å². The van der Waals surface area contributed by atoms with E-state index >= 15 is 0 Å². The van der Waals surface area contributed by atoms with Crippen LogP contribution in [0.1, 0.15) is 5.56 Å². The van der Waals surface area contributed by atoms with Crippen LogP contribution < -0.4 is 0 Å². The van der Waals surface area contributed by atoms with Crippen LogP contribution in [0.5, 0.6) is 0 Å². The van der Waals surface area contributed by atoms with Gasteiger partial charge in [-0.2, -0.15) is 0 Å². The molecule has 0 spiro atoms. The van der Waals surface area contributed by atoms with Gasteiger partial charge in [-0.3, -0.25) is 0 Å². The summed E-state index contributed by atoms with van der Waals surface area (Å²) in [4.78, 5) is 0. The fourth-order valence-corrected chi connectivity index (χ4v) is 1.59. The van der Waals surface area contributed by atoms with Crippen LogP contribution in [-0.2, 0) is 0 Å². The summed E-state index contributed by atoms with van der Waals surface area (Å²) in [5.74, 6) is 0. The molecular weight excluding hydrogens is 227 g/mol. The second kappa shape index (κ2) is 3.33. The Morgan fingerprint density at radius 2 is 1.69 bits per heavy atom. The maximum atomic E-state index is 9.24. The molecule has 0 fully saturated rings. The first-order valence-corrected chi connectivity index (χ1v) is 4.85. The Balaban J connectivity index is 2.69. The Kier molecular flexibility index (Phi) is 2.17. The monoisotopic (exact) mass is 236 g/mol. The van der Waals surface area contributed by atoms with E-state index in [2.05, 4.69) is 21.6 Å². The molecule has 2 aromatic rings. The van der Waals surface area contributed by atoms with Crippen LogP contribution in [0.25, 0.3) is 10.8 Å². The van der Waals surface area contributed by atoms with Crippen molar-refractivity contribution in [2.45, 2.75) is 0 Å². The van der Waals surface area contributed by atoms with Crippen LogP contribution in [0.15, 0.2) is 42.5 Å². The van der Waals surface area contributed by atoms with Crippen LogP contribution in [0.4, 0.5) is 0 Å². The quantitative estimate of drug-likeness (QED) is 0.748. The van der Waals surface area contributed by atoms with Gasteiger partial charge in [0.15, 0.2) is 0 Å². The van der Waals surface area contributed by atoms with Gasteiger partial charge in [-0.25, -0.2) is 0 Å². The van der Waals surface area contributed by atoms with Gasteiger partial charge in [0.25, 0.3) is 0 Å². The Bertz CT molecular complexity index is 462. The van der Waals surface area contributed by atoms with Crippen molar-refractivity contribution in [3.8, 4) is 0 Å². The van der Waals surface area contributed by atoms with Crippen LogP contribution in [-0.4, -0.2) is 25.3 Å². The van der Waals surface area contributed by atoms with E-state index in [-0.39, 0.29) is 4.60 Å². The van der Waals surface area contributed by atoms with E-state index in [4.69, 9.17) is 0 Å². The van der Waals surface area contributed by atoms with E-state index in [1.54, 1.807) is 0 Å². The number of aliphatic hydroxyl groups is 1. The van der Waals surface area contributed by atoms with Crippen molar-refractivity contribution in [3.05, 3.63) is 48.0 Å². The summed E-state index contributed by atoms with van der Waals surface area (Å²) in [6.07, 6.45) is 0. The summed E-state index contributed by atoms with van der Waals surface area (Å²) in [6, 6.07) is 13.9. The predicted molar refractivity (Wildman–Crippen MR) is 55.7 cm³/mol. The van der Waals surface area contributed by atoms with Gasteiger partial charge in [-0.05, 0) is 0 Å². The molecule has 1 N–H and O–H groups in total. The van der Waals surface area contributed by atoms with E-state index in [0.29, 0.717) is 0 Å². The van der Waals surface area contributed by atoms with Crippen molar-refractivity contribution in [1.29, 1.82) is 0 Å². The molecule has 0 aliphatic heterocycles. The average molecular weight is 235 g/mol. The molecule has 2 rings (SSSR count). The Labute approximate surface area is 84.4 Å². The van der Waals surface area contributed by atoms with Gasteiger partial charge < -0.3 is 0 Å². The molecular formula is C11H8OSe. The van der Waals surface area contributed by atoms with E-state index in [9.17, 15) is 5.11 Å². The van der Waals surface area contributed by atoms with Gasteiger partial charge >= 0.3 is 84.1 Å². The first-order chi connectivity index (χ1) is 6.27. The number of benzene rings is 2. The Hall–Kier alpha value is -1.11. The number of rotatable bonds is 1. The molecule has 0 aromatic heterocycles. The molecule has 0 bridgehead atoms. The molecule has 0 amide bonds. The molecule has 0 aliphatic rings. The first-order valence-electron chi connectivity index (χ1n) is 3.99. The molecule has 64 valence electrons. The molecule has 0 saturated heterocycles. The van der Waals surface area contributed by atoms with Gasteiger partial charge in [-0.1, -0.05) is 0 Å². The normalized spacial score (nSPS) is 10.2. The number of hydrogen-bond acceptors (Lipinski definition) is 1. The predicted octanol–water partition coefficient (Wildman–Crippen LogP) is 1.86. The summed E-state index contributed by atoms with van der Waals surface area (Å²) in [6.45, 7) is 0. The van der Waals surface area contributed by atoms with Gasteiger partial charge in [0.05, 0.1) is 0 Å². The van der Waals surface area contributed by atoms with Crippen molar-refractivity contribution < 1.29 is 5.11 Å². The molecule has 0 atom stereocenters. The molecule has 1 nitrogen and oxygen atoms in total. The Morgan fingerprint density at radius 3 is 2.38 bits per heavy atom. The number of fused-ring (bicyclic) bond motifs is 1. The SMILES string of the molecule is OC(=[Se])c1ccc2ccccc2c1. The molecule has 2 heteroatoms. The minimum atomic E-state index is 0.241. The third kappa shape index (κ3) is 1.64. The van der Waals surface area contributed by atoms with Crippen molar-refractivity contribution >= 4 is 31.0 Å². The summed E-state index contributed by atoms with van der Waals surface area (Å²) < 4.78 is 0.241. The topological polar surface area (TPSA) is 20.2 Å². The van der Waals surface area contributed by atoms with Crippen LogP contribution in [0.2, 0.25) is 0 Å². The first kappa shape index (κ1) is 8.49. The van der Waals surface area contributed by atoms with Crippen molar-refractivity contribution in [2.24, 2.45) is 0 Å². The van der Waals surface area contributed by atoms with Crippen LogP contribution in [0.3, 0.4) is 0 Å². The zero-order valence-corrected chi connectivity index (χ0v) is 8.61. The van der Waals surface area contributed by atoms with Crippen molar-refractivity contribution in [1.82, 2.24) is 0 Å². The maximum absolute atomic E-state index is 9.24. The van der Waals surface area contributed by atoms with E-state index in [1.807, 2.05) is 36.4 Å². The molecule has 0 aliphatic carbocycles. The molecule has 0 unspecified atom stereocenters. The third-order valence-electron chi connectivity index (χ3n) is 2.00. The van der Waals surface area contributed by atoms with E-state index in [0.717, 1.165) is 10.9 Å². The van der Waals surface area contributed by atoms with Gasteiger partial charge in [0, 0.05) is 0 Å². The van der Waals surface area contributed by atoms with E-state index < -0.39 is 0 Å². The van der Waals surface area contributed by atoms with E-state index in [1.165, 1.54) is 5.39 Å². The second-order valence-electron chi connectivity index (χ2n) is 2.87. The molecule has 0 heterocycles. The molecule has 0 radical (unpaired) electrons. The second-order valence-corrected chi connectivity index (χ2v) is 3.68. The molecule has 13 heavy (non-hydrogen) atoms. The summed E-state index contributed by atoms with van der Waals surface area (Å²) >= 11 is 2.59. The van der Waals surface area contributed by atoms with Crippen LogP contribution >= 0.6 is 0 Å². The zero-order valence-electron chi connectivity index (χ0n) is 6.90. The Morgan fingerprint density at radius 1 is 1.00 bits per heavy atom. The third-order valence-corrected chi connectivity index (χ3v) is 2.49. The summed E-state index contributed by atoms with van der Waals surface area (Å²) in [5.41, 5.74) is 0.832. The van der Waals surface area contributed by atoms with Crippen LogP contribution in [0, 0.1) is 0 Å². The standard InChI is InChI=1S/C11H8OSe/c12-11(13)10-6-5-8-3-1-2-4-9(8)7-10/h1-7H,(H,12,13). The number of aliphatic hydroxyl groups excluding tert-OH is 1.